The predicted octanol–water partition coefficient (Wildman–Crippen LogP) is 5.30. The Hall–Kier alpha value is -1.94. The third-order valence-corrected chi connectivity index (χ3v) is 4.79. The van der Waals surface area contributed by atoms with Gasteiger partial charge in [-0.15, -0.1) is 0 Å². The molecule has 0 aliphatic heterocycles. The summed E-state index contributed by atoms with van der Waals surface area (Å²) in [5.74, 6) is 0. The SMILES string of the molecule is CCC(C)N(Cc1cccn1Cc1ccccc1Cl)C(=O)NC(C)(C)C. The Bertz CT molecular complexity index is 733. The summed E-state index contributed by atoms with van der Waals surface area (Å²) in [5.41, 5.74) is 1.90. The second-order valence-electron chi connectivity index (χ2n) is 7.78. The number of hydrogen-bond acceptors (Lipinski definition) is 1. The highest BCUT2D eigenvalue weighted by atomic mass is 35.5. The summed E-state index contributed by atoms with van der Waals surface area (Å²) in [5, 5.41) is 3.84. The Labute approximate surface area is 162 Å². The Morgan fingerprint density at radius 1 is 1.23 bits per heavy atom. The minimum absolute atomic E-state index is 0.0302. The van der Waals surface area contributed by atoms with E-state index >= 15 is 0 Å². The Morgan fingerprint density at radius 3 is 2.54 bits per heavy atom. The zero-order chi connectivity index (χ0) is 19.3. The molecule has 2 rings (SSSR count). The second-order valence-corrected chi connectivity index (χ2v) is 8.19. The summed E-state index contributed by atoms with van der Waals surface area (Å²) < 4.78 is 2.15. The number of carbonyl (C=O) groups is 1. The van der Waals surface area contributed by atoms with Gasteiger partial charge in [0, 0.05) is 35.0 Å². The van der Waals surface area contributed by atoms with Crippen molar-refractivity contribution < 1.29 is 4.79 Å². The van der Waals surface area contributed by atoms with E-state index in [9.17, 15) is 4.79 Å². The average Bonchev–Trinajstić information content (AvgIpc) is 2.99. The second kappa shape index (κ2) is 8.63. The molecule has 5 heteroatoms. The molecule has 1 atom stereocenters. The van der Waals surface area contributed by atoms with Crippen molar-refractivity contribution in [3.05, 3.63) is 58.9 Å². The highest BCUT2D eigenvalue weighted by molar-refractivity contribution is 6.31. The Morgan fingerprint density at radius 2 is 1.92 bits per heavy atom. The number of nitrogens with one attached hydrogen (secondary N) is 1. The van der Waals surface area contributed by atoms with Crippen LogP contribution in [0.3, 0.4) is 0 Å². The fourth-order valence-corrected chi connectivity index (χ4v) is 2.97. The van der Waals surface area contributed by atoms with Gasteiger partial charge in [0.15, 0.2) is 0 Å². The van der Waals surface area contributed by atoms with E-state index in [1.807, 2.05) is 62.2 Å². The van der Waals surface area contributed by atoms with Crippen molar-refractivity contribution in [1.82, 2.24) is 14.8 Å². The van der Waals surface area contributed by atoms with Crippen molar-refractivity contribution in [2.75, 3.05) is 0 Å². The van der Waals surface area contributed by atoms with Gasteiger partial charge in [0.05, 0.1) is 6.54 Å². The number of rotatable bonds is 6. The standard InChI is InChI=1S/C21H30ClN3O/c1-6-16(2)25(20(26)23-21(3,4)5)15-18-11-9-13-24(18)14-17-10-7-8-12-19(17)22/h7-13,16H,6,14-15H2,1-5H3,(H,23,26). The van der Waals surface area contributed by atoms with E-state index in [2.05, 4.69) is 29.8 Å². The number of amides is 2. The number of hydrogen-bond donors (Lipinski definition) is 1. The van der Waals surface area contributed by atoms with Crippen molar-refractivity contribution in [2.24, 2.45) is 0 Å². The molecule has 1 heterocycles. The molecule has 0 aliphatic rings. The van der Waals surface area contributed by atoms with Gasteiger partial charge in [0.1, 0.15) is 0 Å². The monoisotopic (exact) mass is 375 g/mol. The molecule has 1 aromatic heterocycles. The lowest BCUT2D eigenvalue weighted by Gasteiger charge is -2.32. The van der Waals surface area contributed by atoms with Crippen LogP contribution in [-0.2, 0) is 13.1 Å². The normalized spacial score (nSPS) is 12.7. The molecule has 0 spiro atoms. The maximum atomic E-state index is 12.8. The summed E-state index contributed by atoms with van der Waals surface area (Å²) in [6.07, 6.45) is 2.94. The van der Waals surface area contributed by atoms with Crippen LogP contribution in [0.15, 0.2) is 42.6 Å². The van der Waals surface area contributed by atoms with Gasteiger partial charge in [-0.3, -0.25) is 0 Å². The highest BCUT2D eigenvalue weighted by Gasteiger charge is 2.24. The molecule has 1 unspecified atom stereocenters. The smallest absolute Gasteiger partial charge is 0.318 e. The third-order valence-electron chi connectivity index (χ3n) is 4.42. The summed E-state index contributed by atoms with van der Waals surface area (Å²) in [6.45, 7) is 11.4. The van der Waals surface area contributed by atoms with Gasteiger partial charge in [0.2, 0.25) is 0 Å². The first-order chi connectivity index (χ1) is 12.2. The van der Waals surface area contributed by atoms with E-state index in [1.165, 1.54) is 0 Å². The van der Waals surface area contributed by atoms with Gasteiger partial charge in [-0.05, 0) is 57.9 Å². The van der Waals surface area contributed by atoms with Gasteiger partial charge in [0.25, 0.3) is 0 Å². The van der Waals surface area contributed by atoms with E-state index in [4.69, 9.17) is 11.6 Å². The van der Waals surface area contributed by atoms with Gasteiger partial charge in [-0.1, -0.05) is 36.7 Å². The molecule has 2 amide bonds. The zero-order valence-corrected chi connectivity index (χ0v) is 17.2. The maximum Gasteiger partial charge on any atom is 0.318 e. The fourth-order valence-electron chi connectivity index (χ4n) is 2.77. The van der Waals surface area contributed by atoms with Crippen LogP contribution in [-0.4, -0.2) is 27.1 Å². The van der Waals surface area contributed by atoms with Crippen molar-refractivity contribution in [2.45, 2.75) is 65.7 Å². The van der Waals surface area contributed by atoms with Gasteiger partial charge in [-0.2, -0.15) is 0 Å². The number of benzene rings is 1. The lowest BCUT2D eigenvalue weighted by Crippen LogP contribution is -2.51. The topological polar surface area (TPSA) is 37.3 Å². The highest BCUT2D eigenvalue weighted by Crippen LogP contribution is 2.19. The molecular formula is C21H30ClN3O. The molecule has 26 heavy (non-hydrogen) atoms. The number of carbonyl (C=O) groups excluding carboxylic acids is 1. The Balaban J connectivity index is 2.20. The van der Waals surface area contributed by atoms with Crippen molar-refractivity contribution in [1.29, 1.82) is 0 Å². The van der Waals surface area contributed by atoms with Crippen molar-refractivity contribution in [3.63, 3.8) is 0 Å². The van der Waals surface area contributed by atoms with E-state index in [0.717, 1.165) is 22.7 Å². The molecule has 4 nitrogen and oxygen atoms in total. The van der Waals surface area contributed by atoms with Crippen LogP contribution in [0.4, 0.5) is 4.79 Å². The first-order valence-electron chi connectivity index (χ1n) is 9.17. The third kappa shape index (κ3) is 5.53. The molecule has 0 saturated heterocycles. The largest absolute Gasteiger partial charge is 0.345 e. The molecule has 2 aromatic rings. The lowest BCUT2D eigenvalue weighted by atomic mass is 10.1. The quantitative estimate of drug-likeness (QED) is 0.730. The summed E-state index contributed by atoms with van der Waals surface area (Å²) >= 11 is 6.31. The maximum absolute atomic E-state index is 12.8. The number of halogens is 1. The van der Waals surface area contributed by atoms with E-state index in [1.54, 1.807) is 0 Å². The fraction of sp³-hybridized carbons (Fsp3) is 0.476. The van der Waals surface area contributed by atoms with Crippen LogP contribution in [0.2, 0.25) is 5.02 Å². The van der Waals surface area contributed by atoms with Crippen LogP contribution in [0.5, 0.6) is 0 Å². The van der Waals surface area contributed by atoms with E-state index in [0.29, 0.717) is 13.1 Å². The molecule has 0 fully saturated rings. The van der Waals surface area contributed by atoms with E-state index in [-0.39, 0.29) is 17.6 Å². The first kappa shape index (κ1) is 20.4. The minimum Gasteiger partial charge on any atom is -0.345 e. The van der Waals surface area contributed by atoms with Crippen molar-refractivity contribution in [3.8, 4) is 0 Å². The molecule has 0 bridgehead atoms. The van der Waals surface area contributed by atoms with Gasteiger partial charge < -0.3 is 14.8 Å². The number of urea groups is 1. The number of nitrogens with zero attached hydrogens (tertiary/aromatic N) is 2. The van der Waals surface area contributed by atoms with Crippen LogP contribution in [0, 0.1) is 0 Å². The summed E-state index contributed by atoms with van der Waals surface area (Å²) in [6, 6.07) is 12.1. The van der Waals surface area contributed by atoms with Gasteiger partial charge >= 0.3 is 6.03 Å². The van der Waals surface area contributed by atoms with Crippen LogP contribution in [0.25, 0.3) is 0 Å². The molecule has 1 aromatic carbocycles. The molecule has 0 saturated carbocycles. The van der Waals surface area contributed by atoms with Gasteiger partial charge in [-0.25, -0.2) is 4.79 Å². The molecule has 0 aliphatic carbocycles. The summed E-state index contributed by atoms with van der Waals surface area (Å²) in [4.78, 5) is 14.7. The molecule has 1 N–H and O–H groups in total. The van der Waals surface area contributed by atoms with E-state index < -0.39 is 0 Å². The minimum atomic E-state index is -0.262. The summed E-state index contributed by atoms with van der Waals surface area (Å²) in [7, 11) is 0. The predicted molar refractivity (Wildman–Crippen MR) is 109 cm³/mol. The molecular weight excluding hydrogens is 346 g/mol. The van der Waals surface area contributed by atoms with Crippen LogP contribution < -0.4 is 5.32 Å². The number of aromatic nitrogens is 1. The molecule has 142 valence electrons. The Kier molecular flexibility index (Phi) is 6.76. The molecule has 0 radical (unpaired) electrons. The lowest BCUT2D eigenvalue weighted by molar-refractivity contribution is 0.163. The van der Waals surface area contributed by atoms with Crippen molar-refractivity contribution >= 4 is 17.6 Å². The first-order valence-corrected chi connectivity index (χ1v) is 9.55. The van der Waals surface area contributed by atoms with Crippen LogP contribution >= 0.6 is 11.6 Å². The van der Waals surface area contributed by atoms with Crippen LogP contribution in [0.1, 0.15) is 52.3 Å². The zero-order valence-electron chi connectivity index (χ0n) is 16.4. The average molecular weight is 376 g/mol.